The Labute approximate surface area is 265 Å². The van der Waals surface area contributed by atoms with Crippen LogP contribution in [-0.4, -0.2) is 25.0 Å². The molecule has 3 heterocycles. The molecule has 0 aliphatic heterocycles. The highest BCUT2D eigenvalue weighted by atomic mass is 79.9. The second-order valence-corrected chi connectivity index (χ2v) is 12.9. The molecule has 0 bridgehead atoms. The number of aliphatic hydroxyl groups excluding tert-OH is 1. The van der Waals surface area contributed by atoms with Crippen molar-refractivity contribution in [1.29, 1.82) is 5.26 Å². The highest BCUT2D eigenvalue weighted by Gasteiger charge is 2.26. The quantitative estimate of drug-likeness (QED) is 0.126. The fourth-order valence-electron chi connectivity index (χ4n) is 4.44. The summed E-state index contributed by atoms with van der Waals surface area (Å²) in [5, 5.41) is 26.8. The van der Waals surface area contributed by atoms with Crippen LogP contribution < -0.4 is 5.56 Å². The molecule has 6 aromatic rings. The Morgan fingerprint density at radius 3 is 2.17 bits per heavy atom. The molecule has 0 amide bonds. The molecule has 3 aromatic carbocycles. The summed E-state index contributed by atoms with van der Waals surface area (Å²) in [6, 6.07) is 24.7. The Morgan fingerprint density at radius 1 is 0.881 bits per heavy atom. The third-order valence-corrected chi connectivity index (χ3v) is 9.45. The van der Waals surface area contributed by atoms with Crippen molar-refractivity contribution in [1.82, 2.24) is 19.9 Å². The number of para-hydroxylation sites is 1. The summed E-state index contributed by atoms with van der Waals surface area (Å²) >= 11 is 9.59. The maximum atomic E-state index is 13.0. The third kappa shape index (κ3) is 5.84. The average Bonchev–Trinajstić information content (AvgIpc) is 3.68. The number of nitrogens with zero attached hydrogens (tertiary/aromatic N) is 4. The molecule has 7 nitrogen and oxygen atoms in total. The molecule has 0 fully saturated rings. The number of aliphatic hydroxyl groups is 1. The first-order valence-corrected chi connectivity index (χ1v) is 16.0. The number of rotatable bonds is 7. The standard InChI is InChI=1S/C31H19Br2N5O2S2/c32-19-9-5-17(6-10-19)25-15-41-30(36-25)22(28-35-24-4-2-1-3-21(24)29(40)38-28)13-27(39)23(14-34)31-37-26(16-42-31)18-7-11-20(33)12-8-18/h1-12,15-16,22,39H,13H2,(H,35,38,40)/b27-23-. The zero-order valence-electron chi connectivity index (χ0n) is 21.6. The van der Waals surface area contributed by atoms with E-state index in [9.17, 15) is 15.2 Å². The highest BCUT2D eigenvalue weighted by Crippen LogP contribution is 2.36. The van der Waals surface area contributed by atoms with E-state index in [2.05, 4.69) is 47.9 Å². The number of aromatic nitrogens is 4. The Bertz CT molecular complexity index is 2040. The summed E-state index contributed by atoms with van der Waals surface area (Å²) < 4.78 is 1.91. The van der Waals surface area contributed by atoms with Crippen LogP contribution >= 0.6 is 54.5 Å². The van der Waals surface area contributed by atoms with Crippen molar-refractivity contribution in [2.24, 2.45) is 0 Å². The average molecular weight is 717 g/mol. The van der Waals surface area contributed by atoms with Gasteiger partial charge in [-0.1, -0.05) is 68.3 Å². The van der Waals surface area contributed by atoms with E-state index in [1.165, 1.54) is 22.7 Å². The van der Waals surface area contributed by atoms with Crippen LogP contribution in [0.4, 0.5) is 0 Å². The van der Waals surface area contributed by atoms with Crippen molar-refractivity contribution < 1.29 is 5.11 Å². The number of hydrogen-bond acceptors (Lipinski definition) is 8. The van der Waals surface area contributed by atoms with Gasteiger partial charge < -0.3 is 10.1 Å². The van der Waals surface area contributed by atoms with Gasteiger partial charge >= 0.3 is 0 Å². The molecule has 0 saturated heterocycles. The first kappa shape index (κ1) is 28.2. The lowest BCUT2D eigenvalue weighted by molar-refractivity contribution is 0.382. The number of H-pyrrole nitrogens is 1. The molecule has 0 saturated carbocycles. The van der Waals surface area contributed by atoms with E-state index >= 15 is 0 Å². The number of nitriles is 1. The van der Waals surface area contributed by atoms with Gasteiger partial charge in [-0.2, -0.15) is 5.26 Å². The zero-order valence-corrected chi connectivity index (χ0v) is 26.4. The fraction of sp³-hybridized carbons (Fsp3) is 0.0645. The number of benzene rings is 3. The Balaban J connectivity index is 1.41. The number of aromatic amines is 1. The highest BCUT2D eigenvalue weighted by molar-refractivity contribution is 9.10. The van der Waals surface area contributed by atoms with Crippen LogP contribution in [0.2, 0.25) is 0 Å². The fourth-order valence-corrected chi connectivity index (χ4v) is 6.75. The molecular formula is C31H19Br2N5O2S2. The molecule has 0 spiro atoms. The smallest absolute Gasteiger partial charge is 0.258 e. The summed E-state index contributed by atoms with van der Waals surface area (Å²) in [5.74, 6) is -0.421. The molecule has 0 aliphatic rings. The largest absolute Gasteiger partial charge is 0.511 e. The third-order valence-electron chi connectivity index (χ3n) is 6.58. The number of halogens is 2. The predicted molar refractivity (Wildman–Crippen MR) is 174 cm³/mol. The van der Waals surface area contributed by atoms with E-state index in [0.717, 1.165) is 25.8 Å². The lowest BCUT2D eigenvalue weighted by Crippen LogP contribution is -2.16. The van der Waals surface area contributed by atoms with Gasteiger partial charge in [0.2, 0.25) is 0 Å². The Morgan fingerprint density at radius 2 is 1.50 bits per heavy atom. The summed E-state index contributed by atoms with van der Waals surface area (Å²) in [6.07, 6.45) is -0.00926. The van der Waals surface area contributed by atoms with E-state index in [1.807, 2.05) is 65.4 Å². The monoisotopic (exact) mass is 715 g/mol. The lowest BCUT2D eigenvalue weighted by atomic mass is 10.0. The number of nitrogens with one attached hydrogen (secondary N) is 1. The Hall–Kier alpha value is -3.95. The van der Waals surface area contributed by atoms with Crippen LogP contribution in [0, 0.1) is 11.3 Å². The predicted octanol–water partition coefficient (Wildman–Crippen LogP) is 8.71. The number of thiazole rings is 2. The van der Waals surface area contributed by atoms with E-state index in [4.69, 9.17) is 9.97 Å². The topological polar surface area (TPSA) is 116 Å². The second kappa shape index (κ2) is 12.1. The maximum absolute atomic E-state index is 13.0. The summed E-state index contributed by atoms with van der Waals surface area (Å²) in [7, 11) is 0. The van der Waals surface area contributed by atoms with Crippen LogP contribution in [-0.2, 0) is 0 Å². The summed E-state index contributed by atoms with van der Waals surface area (Å²) in [4.78, 5) is 30.1. The van der Waals surface area contributed by atoms with Crippen molar-refractivity contribution in [3.8, 4) is 28.6 Å². The van der Waals surface area contributed by atoms with Gasteiger partial charge in [0.25, 0.3) is 5.56 Å². The molecule has 206 valence electrons. The molecule has 42 heavy (non-hydrogen) atoms. The van der Waals surface area contributed by atoms with Gasteiger partial charge in [-0.15, -0.1) is 22.7 Å². The number of fused-ring (bicyclic) bond motifs is 1. The van der Waals surface area contributed by atoms with Crippen LogP contribution in [0.1, 0.15) is 28.2 Å². The second-order valence-electron chi connectivity index (χ2n) is 9.28. The van der Waals surface area contributed by atoms with Crippen LogP contribution in [0.25, 0.3) is 39.0 Å². The van der Waals surface area contributed by atoms with Gasteiger partial charge in [-0.25, -0.2) is 15.0 Å². The van der Waals surface area contributed by atoms with Crippen LogP contribution in [0.3, 0.4) is 0 Å². The lowest BCUT2D eigenvalue weighted by Gasteiger charge is -2.15. The summed E-state index contributed by atoms with van der Waals surface area (Å²) in [6.45, 7) is 0. The Kier molecular flexibility index (Phi) is 8.13. The van der Waals surface area contributed by atoms with Crippen molar-refractivity contribution in [2.45, 2.75) is 12.3 Å². The minimum absolute atomic E-state index is 0.00926. The molecule has 2 N–H and O–H groups in total. The molecule has 3 aromatic heterocycles. The van der Waals surface area contributed by atoms with Gasteiger partial charge in [0.1, 0.15) is 33.2 Å². The van der Waals surface area contributed by atoms with Gasteiger partial charge in [0, 0.05) is 37.3 Å². The van der Waals surface area contributed by atoms with Gasteiger partial charge in [0.15, 0.2) is 0 Å². The molecule has 1 unspecified atom stereocenters. The molecule has 6 rings (SSSR count). The van der Waals surface area contributed by atoms with Crippen LogP contribution in [0.15, 0.2) is 103 Å². The minimum atomic E-state index is -0.620. The van der Waals surface area contributed by atoms with Crippen molar-refractivity contribution >= 4 is 71.0 Å². The first-order valence-electron chi connectivity index (χ1n) is 12.6. The SMILES string of the molecule is N#C/C(=C(/O)CC(c1nc2ccccc2c(=O)[nH]1)c1nc(-c2ccc(Br)cc2)cs1)c1nc(-c2ccc(Br)cc2)cs1. The van der Waals surface area contributed by atoms with Gasteiger partial charge in [0.05, 0.1) is 28.2 Å². The van der Waals surface area contributed by atoms with E-state index in [0.29, 0.717) is 32.4 Å². The molecule has 1 atom stereocenters. The first-order chi connectivity index (χ1) is 20.4. The molecule has 11 heteroatoms. The van der Waals surface area contributed by atoms with E-state index in [1.54, 1.807) is 18.2 Å². The van der Waals surface area contributed by atoms with E-state index in [-0.39, 0.29) is 23.3 Å². The van der Waals surface area contributed by atoms with Crippen molar-refractivity contribution in [3.05, 3.63) is 124 Å². The molecular weight excluding hydrogens is 698 g/mol. The van der Waals surface area contributed by atoms with Gasteiger partial charge in [-0.05, 0) is 36.4 Å². The van der Waals surface area contributed by atoms with Crippen LogP contribution in [0.5, 0.6) is 0 Å². The molecule has 0 radical (unpaired) electrons. The maximum Gasteiger partial charge on any atom is 0.258 e. The number of allylic oxidation sites excluding steroid dienone is 2. The number of hydrogen-bond donors (Lipinski definition) is 2. The minimum Gasteiger partial charge on any atom is -0.511 e. The normalized spacial score (nSPS) is 12.6. The zero-order chi connectivity index (χ0) is 29.2. The molecule has 0 aliphatic carbocycles. The van der Waals surface area contributed by atoms with E-state index < -0.39 is 5.92 Å². The summed E-state index contributed by atoms with van der Waals surface area (Å²) in [5.41, 5.74) is 3.62. The van der Waals surface area contributed by atoms with Gasteiger partial charge in [-0.3, -0.25) is 4.79 Å². The van der Waals surface area contributed by atoms with Crippen molar-refractivity contribution in [2.75, 3.05) is 0 Å². The van der Waals surface area contributed by atoms with Crippen molar-refractivity contribution in [3.63, 3.8) is 0 Å².